The van der Waals surface area contributed by atoms with E-state index in [1.165, 1.54) is 6.20 Å². The van der Waals surface area contributed by atoms with Gasteiger partial charge in [0, 0.05) is 26.5 Å². The van der Waals surface area contributed by atoms with Crippen LogP contribution in [-0.2, 0) is 16.0 Å². The number of carbonyl (C=O) groups is 1. The van der Waals surface area contributed by atoms with Crippen LogP contribution in [-0.4, -0.2) is 59.7 Å². The van der Waals surface area contributed by atoms with Crippen LogP contribution in [0.2, 0.25) is 0 Å². The third kappa shape index (κ3) is 4.10. The van der Waals surface area contributed by atoms with Crippen LogP contribution in [0, 0.1) is 0 Å². The number of hydrogen-bond acceptors (Lipinski definition) is 6. The van der Waals surface area contributed by atoms with Crippen molar-refractivity contribution in [2.45, 2.75) is 25.3 Å². The molecule has 0 radical (unpaired) electrons. The van der Waals surface area contributed by atoms with E-state index in [9.17, 15) is 4.79 Å². The highest BCUT2D eigenvalue weighted by Gasteiger charge is 2.22. The van der Waals surface area contributed by atoms with E-state index < -0.39 is 0 Å². The van der Waals surface area contributed by atoms with E-state index in [1.807, 2.05) is 6.07 Å². The summed E-state index contributed by atoms with van der Waals surface area (Å²) in [5.41, 5.74) is 3.20. The number of anilines is 1. The summed E-state index contributed by atoms with van der Waals surface area (Å²) in [6.45, 7) is 2.61. The Morgan fingerprint density at radius 1 is 1.34 bits per heavy atom. The lowest BCUT2D eigenvalue weighted by atomic mass is 9.90. The quantitative estimate of drug-likeness (QED) is 0.633. The predicted octanol–water partition coefficient (Wildman–Crippen LogP) is 2.56. The summed E-state index contributed by atoms with van der Waals surface area (Å²) < 4.78 is 17.7. The second-order valence-corrected chi connectivity index (χ2v) is 6.99. The summed E-state index contributed by atoms with van der Waals surface area (Å²) in [5.74, 6) is 1.17. The van der Waals surface area contributed by atoms with Gasteiger partial charge in [-0.1, -0.05) is 6.07 Å². The van der Waals surface area contributed by atoms with Gasteiger partial charge >= 0.3 is 0 Å². The van der Waals surface area contributed by atoms with Crippen LogP contribution < -0.4 is 10.1 Å². The average molecular weight is 399 g/mol. The van der Waals surface area contributed by atoms with E-state index in [0.29, 0.717) is 36.3 Å². The monoisotopic (exact) mass is 399 g/mol. The fourth-order valence-electron chi connectivity index (χ4n) is 3.62. The van der Waals surface area contributed by atoms with Crippen LogP contribution >= 0.6 is 0 Å². The van der Waals surface area contributed by atoms with Gasteiger partial charge in [-0.2, -0.15) is 5.10 Å². The van der Waals surface area contributed by atoms with Crippen molar-refractivity contribution in [3.8, 4) is 5.75 Å². The molecule has 1 aromatic carbocycles. The van der Waals surface area contributed by atoms with Crippen LogP contribution in [0.25, 0.3) is 11.0 Å². The van der Waals surface area contributed by atoms with Crippen molar-refractivity contribution in [2.24, 2.45) is 0 Å². The number of H-pyrrole nitrogens is 1. The topological polar surface area (TPSA) is 103 Å². The van der Waals surface area contributed by atoms with Crippen molar-refractivity contribution in [1.82, 2.24) is 19.7 Å². The number of nitrogens with zero attached hydrogens (tertiary/aromatic N) is 3. The maximum atomic E-state index is 12.6. The number of nitrogens with one attached hydrogen (secondary N) is 2. The van der Waals surface area contributed by atoms with Crippen molar-refractivity contribution in [3.05, 3.63) is 35.7 Å². The number of fused-ring (bicyclic) bond motifs is 1. The molecule has 1 aliphatic rings. The van der Waals surface area contributed by atoms with Crippen LogP contribution in [0.15, 0.2) is 24.5 Å². The first-order valence-electron chi connectivity index (χ1n) is 9.66. The smallest absolute Gasteiger partial charge is 0.261 e. The van der Waals surface area contributed by atoms with Crippen molar-refractivity contribution in [2.75, 3.05) is 39.4 Å². The molecule has 1 saturated heterocycles. The van der Waals surface area contributed by atoms with Gasteiger partial charge in [0.05, 0.1) is 37.5 Å². The summed E-state index contributed by atoms with van der Waals surface area (Å²) in [5, 5.41) is 7.00. The van der Waals surface area contributed by atoms with Gasteiger partial charge in [-0.15, -0.1) is 0 Å². The SMILES string of the molecule is COCCn1cc(C(=O)Nc2nc3c(C4CCOCC4)ccc(OC)c3[nH]2)cn1. The maximum absolute atomic E-state index is 12.6. The normalized spacial score (nSPS) is 15.0. The Labute approximate surface area is 168 Å². The number of rotatable bonds is 7. The molecule has 3 aromatic rings. The second kappa shape index (κ2) is 8.62. The van der Waals surface area contributed by atoms with E-state index in [4.69, 9.17) is 14.2 Å². The van der Waals surface area contributed by atoms with Crippen molar-refractivity contribution in [1.29, 1.82) is 0 Å². The second-order valence-electron chi connectivity index (χ2n) is 6.99. The molecule has 1 aliphatic heterocycles. The van der Waals surface area contributed by atoms with Gasteiger partial charge in [0.25, 0.3) is 5.91 Å². The van der Waals surface area contributed by atoms with Crippen LogP contribution in [0.3, 0.4) is 0 Å². The molecule has 29 heavy (non-hydrogen) atoms. The largest absolute Gasteiger partial charge is 0.494 e. The van der Waals surface area contributed by atoms with Crippen molar-refractivity contribution in [3.63, 3.8) is 0 Å². The minimum absolute atomic E-state index is 0.278. The highest BCUT2D eigenvalue weighted by molar-refractivity contribution is 6.04. The molecule has 3 heterocycles. The Morgan fingerprint density at radius 2 is 2.17 bits per heavy atom. The van der Waals surface area contributed by atoms with E-state index in [0.717, 1.165) is 42.7 Å². The zero-order valence-corrected chi connectivity index (χ0v) is 16.6. The molecule has 2 N–H and O–H groups in total. The molecule has 0 saturated carbocycles. The molecule has 4 rings (SSSR count). The minimum Gasteiger partial charge on any atom is -0.494 e. The molecule has 154 valence electrons. The first-order chi connectivity index (χ1) is 14.2. The summed E-state index contributed by atoms with van der Waals surface area (Å²) in [4.78, 5) is 20.5. The Balaban J connectivity index is 1.59. The molecule has 1 amide bonds. The third-order valence-electron chi connectivity index (χ3n) is 5.17. The fraction of sp³-hybridized carbons (Fsp3) is 0.450. The number of aromatic amines is 1. The van der Waals surface area contributed by atoms with Gasteiger partial charge in [-0.05, 0) is 30.4 Å². The molecule has 0 atom stereocenters. The Bertz CT molecular complexity index is 990. The standard InChI is InChI=1S/C20H25N5O4/c1-27-10-7-25-12-14(11-21-25)19(26)24-20-22-17-15(13-5-8-29-9-6-13)3-4-16(28-2)18(17)23-20/h3-4,11-13H,5-10H2,1-2H3,(H2,22,23,24,26). The van der Waals surface area contributed by atoms with Gasteiger partial charge in [-0.25, -0.2) is 4.98 Å². The molecule has 2 aromatic heterocycles. The van der Waals surface area contributed by atoms with Crippen molar-refractivity contribution < 1.29 is 19.0 Å². The van der Waals surface area contributed by atoms with E-state index in [2.05, 4.69) is 26.4 Å². The maximum Gasteiger partial charge on any atom is 0.261 e. The van der Waals surface area contributed by atoms with Crippen LogP contribution in [0.4, 0.5) is 5.95 Å². The zero-order valence-electron chi connectivity index (χ0n) is 16.6. The Hall–Kier alpha value is -2.91. The average Bonchev–Trinajstić information content (AvgIpc) is 3.39. The van der Waals surface area contributed by atoms with Crippen LogP contribution in [0.5, 0.6) is 5.75 Å². The van der Waals surface area contributed by atoms with Crippen molar-refractivity contribution >= 4 is 22.9 Å². The molecule has 0 unspecified atom stereocenters. The summed E-state index contributed by atoms with van der Waals surface area (Å²) in [6, 6.07) is 4.00. The van der Waals surface area contributed by atoms with Crippen LogP contribution in [0.1, 0.15) is 34.7 Å². The molecule has 0 aliphatic carbocycles. The third-order valence-corrected chi connectivity index (χ3v) is 5.17. The number of carbonyl (C=O) groups excluding carboxylic acids is 1. The Morgan fingerprint density at radius 3 is 2.93 bits per heavy atom. The molecule has 9 heteroatoms. The first kappa shape index (κ1) is 19.4. The molecule has 1 fully saturated rings. The Kier molecular flexibility index (Phi) is 5.77. The summed E-state index contributed by atoms with van der Waals surface area (Å²) in [7, 11) is 3.25. The number of amides is 1. The molecule has 0 spiro atoms. The lowest BCUT2D eigenvalue weighted by molar-refractivity contribution is 0.0856. The minimum atomic E-state index is -0.278. The van der Waals surface area contributed by atoms with Gasteiger partial charge in [0.1, 0.15) is 11.3 Å². The number of aromatic nitrogens is 4. The van der Waals surface area contributed by atoms with E-state index >= 15 is 0 Å². The van der Waals surface area contributed by atoms with E-state index in [-0.39, 0.29) is 5.91 Å². The number of hydrogen-bond donors (Lipinski definition) is 2. The lowest BCUT2D eigenvalue weighted by Crippen LogP contribution is -2.14. The summed E-state index contributed by atoms with van der Waals surface area (Å²) in [6.07, 6.45) is 5.13. The summed E-state index contributed by atoms with van der Waals surface area (Å²) >= 11 is 0. The van der Waals surface area contributed by atoms with Gasteiger partial charge in [0.2, 0.25) is 5.95 Å². The zero-order chi connectivity index (χ0) is 20.2. The number of benzene rings is 1. The highest BCUT2D eigenvalue weighted by Crippen LogP contribution is 2.36. The molecular weight excluding hydrogens is 374 g/mol. The van der Waals surface area contributed by atoms with Gasteiger partial charge < -0.3 is 19.2 Å². The molecule has 9 nitrogen and oxygen atoms in total. The first-order valence-corrected chi connectivity index (χ1v) is 9.66. The molecule has 0 bridgehead atoms. The van der Waals surface area contributed by atoms with E-state index in [1.54, 1.807) is 25.1 Å². The van der Waals surface area contributed by atoms with Gasteiger partial charge in [-0.3, -0.25) is 14.8 Å². The highest BCUT2D eigenvalue weighted by atomic mass is 16.5. The van der Waals surface area contributed by atoms with Gasteiger partial charge in [0.15, 0.2) is 0 Å². The number of imidazole rings is 1. The number of methoxy groups -OCH3 is 2. The fourth-order valence-corrected chi connectivity index (χ4v) is 3.62. The predicted molar refractivity (Wildman–Crippen MR) is 107 cm³/mol. The molecular formula is C20H25N5O4. The number of ether oxygens (including phenoxy) is 3. The lowest BCUT2D eigenvalue weighted by Gasteiger charge is -2.22.